The molecular weight excluding hydrogens is 576 g/mol. The molecule has 2 unspecified atom stereocenters. The smallest absolute Gasteiger partial charge is 0.343 e. The first-order chi connectivity index (χ1) is 19.9. The van der Waals surface area contributed by atoms with Gasteiger partial charge in [0.25, 0.3) is 0 Å². The summed E-state index contributed by atoms with van der Waals surface area (Å²) in [5.74, 6) is -0.974. The van der Waals surface area contributed by atoms with E-state index in [-0.39, 0.29) is 41.3 Å². The number of rotatable bonds is 7. The Balaban J connectivity index is 1.38. The second-order valence-electron chi connectivity index (χ2n) is 11.1. The summed E-state index contributed by atoms with van der Waals surface area (Å²) in [5.41, 5.74) is 2.12. The first-order valence-electron chi connectivity index (χ1n) is 13.7. The van der Waals surface area contributed by atoms with Gasteiger partial charge >= 0.3 is 5.97 Å². The van der Waals surface area contributed by atoms with Gasteiger partial charge in [-0.25, -0.2) is 13.2 Å². The van der Waals surface area contributed by atoms with E-state index in [9.17, 15) is 23.1 Å². The van der Waals surface area contributed by atoms with E-state index >= 15 is 0 Å². The molecule has 10 heteroatoms. The van der Waals surface area contributed by atoms with Gasteiger partial charge in [0.2, 0.25) is 5.91 Å². The number of piperidine rings is 1. The molecule has 1 fully saturated rings. The molecule has 2 atom stereocenters. The van der Waals surface area contributed by atoms with E-state index in [0.29, 0.717) is 46.7 Å². The van der Waals surface area contributed by atoms with Crippen LogP contribution < -0.4 is 5.32 Å². The van der Waals surface area contributed by atoms with Crippen LogP contribution in [0.1, 0.15) is 42.5 Å². The number of aliphatic hydroxyl groups is 1. The van der Waals surface area contributed by atoms with Gasteiger partial charge in [-0.3, -0.25) is 9.69 Å². The SMILES string of the molecule is Cc1cc(-c2cccc(S(C)(=O)=O)c2)c(Cl)cc1C1=C(O)C2(CCCN(CC(=O)NC(C)c3ccccc3)C2)OC1=O. The van der Waals surface area contributed by atoms with Crippen LogP contribution in [-0.4, -0.2) is 61.8 Å². The maximum atomic E-state index is 13.2. The van der Waals surface area contributed by atoms with Gasteiger partial charge in [-0.2, -0.15) is 0 Å². The van der Waals surface area contributed by atoms with Gasteiger partial charge in [-0.15, -0.1) is 0 Å². The van der Waals surface area contributed by atoms with Gasteiger partial charge in [-0.05, 0) is 79.8 Å². The summed E-state index contributed by atoms with van der Waals surface area (Å²) >= 11 is 6.66. The number of nitrogens with zero attached hydrogens (tertiary/aromatic N) is 1. The highest BCUT2D eigenvalue weighted by Crippen LogP contribution is 2.44. The topological polar surface area (TPSA) is 113 Å². The zero-order chi connectivity index (χ0) is 30.2. The summed E-state index contributed by atoms with van der Waals surface area (Å²) in [6, 6.07) is 19.4. The molecule has 0 aromatic heterocycles. The normalized spacial score (nSPS) is 20.0. The molecule has 2 aliphatic heterocycles. The summed E-state index contributed by atoms with van der Waals surface area (Å²) in [5, 5.41) is 14.8. The Kier molecular flexibility index (Phi) is 8.20. The number of halogens is 1. The third-order valence-electron chi connectivity index (χ3n) is 7.90. The number of nitrogens with one attached hydrogen (secondary N) is 1. The van der Waals surface area contributed by atoms with Crippen molar-refractivity contribution in [1.29, 1.82) is 0 Å². The lowest BCUT2D eigenvalue weighted by atomic mass is 9.87. The van der Waals surface area contributed by atoms with Crippen molar-refractivity contribution in [2.75, 3.05) is 25.9 Å². The van der Waals surface area contributed by atoms with Crippen molar-refractivity contribution in [3.8, 4) is 11.1 Å². The minimum absolute atomic E-state index is 0.0508. The fourth-order valence-electron chi connectivity index (χ4n) is 5.74. The molecule has 1 spiro atoms. The minimum atomic E-state index is -3.41. The first kappa shape index (κ1) is 29.8. The number of hydrogen-bond acceptors (Lipinski definition) is 7. The zero-order valence-corrected chi connectivity index (χ0v) is 25.3. The van der Waals surface area contributed by atoms with Crippen molar-refractivity contribution in [1.82, 2.24) is 10.2 Å². The number of ether oxygens (including phenoxy) is 1. The molecule has 2 heterocycles. The Hall–Kier alpha value is -3.66. The third-order valence-corrected chi connectivity index (χ3v) is 9.32. The second kappa shape index (κ2) is 11.6. The molecule has 3 aromatic rings. The van der Waals surface area contributed by atoms with Gasteiger partial charge in [0.15, 0.2) is 21.2 Å². The molecule has 220 valence electrons. The number of aliphatic hydroxyl groups excluding tert-OH is 1. The van der Waals surface area contributed by atoms with Crippen molar-refractivity contribution in [3.63, 3.8) is 0 Å². The fraction of sp³-hybridized carbons (Fsp3) is 0.312. The average Bonchev–Trinajstić information content (AvgIpc) is 3.17. The molecule has 5 rings (SSSR count). The lowest BCUT2D eigenvalue weighted by Gasteiger charge is -2.38. The van der Waals surface area contributed by atoms with Crippen LogP contribution >= 0.6 is 11.6 Å². The Morgan fingerprint density at radius 1 is 1.12 bits per heavy atom. The highest BCUT2D eigenvalue weighted by Gasteiger charge is 2.51. The molecule has 1 saturated heterocycles. The standard InChI is InChI=1S/C32H33ClN2O6S/c1-20-15-26(23-11-7-12-24(16-23)42(3,39)40)27(33)17-25(20)29-30(37)32(41-31(29)38)13-8-14-35(19-32)18-28(36)34-21(2)22-9-5-4-6-10-22/h4-7,9-12,15-17,21,37H,8,13-14,18-19H2,1-3H3,(H,34,36). The molecule has 1 amide bonds. The van der Waals surface area contributed by atoms with Gasteiger partial charge in [0.1, 0.15) is 5.57 Å². The number of sulfone groups is 1. The van der Waals surface area contributed by atoms with Crippen molar-refractivity contribution < 1.29 is 27.9 Å². The third kappa shape index (κ3) is 5.95. The quantitative estimate of drug-likeness (QED) is 0.352. The number of carbonyl (C=O) groups is 2. The number of amides is 1. The average molecular weight is 609 g/mol. The lowest BCUT2D eigenvalue weighted by molar-refractivity contribution is -0.152. The van der Waals surface area contributed by atoms with Crippen LogP contribution in [0.3, 0.4) is 0 Å². The Morgan fingerprint density at radius 3 is 2.57 bits per heavy atom. The van der Waals surface area contributed by atoms with Crippen LogP contribution in [0.5, 0.6) is 0 Å². The highest BCUT2D eigenvalue weighted by atomic mass is 35.5. The number of aryl methyl sites for hydroxylation is 1. The minimum Gasteiger partial charge on any atom is -0.507 e. The lowest BCUT2D eigenvalue weighted by Crippen LogP contribution is -2.52. The van der Waals surface area contributed by atoms with Crippen molar-refractivity contribution in [2.45, 2.75) is 43.2 Å². The Labute approximate surface area is 250 Å². The molecule has 3 aromatic carbocycles. The largest absolute Gasteiger partial charge is 0.507 e. The fourth-order valence-corrected chi connectivity index (χ4v) is 6.68. The Bertz CT molecular complexity index is 1690. The molecule has 0 saturated carbocycles. The molecule has 2 aliphatic rings. The molecule has 8 nitrogen and oxygen atoms in total. The molecule has 0 aliphatic carbocycles. The van der Waals surface area contributed by atoms with E-state index in [1.54, 1.807) is 37.3 Å². The van der Waals surface area contributed by atoms with E-state index in [2.05, 4.69) is 5.32 Å². The number of hydrogen-bond donors (Lipinski definition) is 2. The van der Waals surface area contributed by atoms with Gasteiger partial charge < -0.3 is 15.2 Å². The van der Waals surface area contributed by atoms with E-state index < -0.39 is 21.4 Å². The monoisotopic (exact) mass is 608 g/mol. The van der Waals surface area contributed by atoms with Crippen LogP contribution in [0.4, 0.5) is 0 Å². The zero-order valence-electron chi connectivity index (χ0n) is 23.7. The molecule has 0 bridgehead atoms. The van der Waals surface area contributed by atoms with E-state index in [1.165, 1.54) is 6.07 Å². The summed E-state index contributed by atoms with van der Waals surface area (Å²) in [6.45, 7) is 4.63. The summed E-state index contributed by atoms with van der Waals surface area (Å²) in [4.78, 5) is 28.1. The van der Waals surface area contributed by atoms with Crippen LogP contribution in [0.15, 0.2) is 77.4 Å². The van der Waals surface area contributed by atoms with Crippen LogP contribution in [-0.2, 0) is 24.2 Å². The second-order valence-corrected chi connectivity index (χ2v) is 13.5. The van der Waals surface area contributed by atoms with Gasteiger partial charge in [0, 0.05) is 23.4 Å². The van der Waals surface area contributed by atoms with Crippen molar-refractivity contribution >= 4 is 38.9 Å². The van der Waals surface area contributed by atoms with Crippen LogP contribution in [0, 0.1) is 6.92 Å². The predicted molar refractivity (Wildman–Crippen MR) is 162 cm³/mol. The summed E-state index contributed by atoms with van der Waals surface area (Å²) in [7, 11) is -3.41. The maximum absolute atomic E-state index is 13.2. The maximum Gasteiger partial charge on any atom is 0.343 e. The number of carbonyl (C=O) groups excluding carboxylic acids is 2. The first-order valence-corrected chi connectivity index (χ1v) is 16.0. The van der Waals surface area contributed by atoms with Gasteiger partial charge in [0.05, 0.1) is 17.5 Å². The van der Waals surface area contributed by atoms with Crippen molar-refractivity contribution in [2.24, 2.45) is 0 Å². The highest BCUT2D eigenvalue weighted by molar-refractivity contribution is 7.90. The van der Waals surface area contributed by atoms with Gasteiger partial charge in [-0.1, -0.05) is 54.1 Å². The molecule has 0 radical (unpaired) electrons. The number of benzene rings is 3. The molecular formula is C32H33ClN2O6S. The van der Waals surface area contributed by atoms with E-state index in [0.717, 1.165) is 11.8 Å². The predicted octanol–water partition coefficient (Wildman–Crippen LogP) is 5.26. The summed E-state index contributed by atoms with van der Waals surface area (Å²) in [6.07, 6.45) is 2.19. The van der Waals surface area contributed by atoms with Crippen molar-refractivity contribution in [3.05, 3.63) is 94.2 Å². The van der Waals surface area contributed by atoms with E-state index in [4.69, 9.17) is 16.3 Å². The van der Waals surface area contributed by atoms with Crippen LogP contribution in [0.2, 0.25) is 5.02 Å². The number of likely N-dealkylation sites (tertiary alicyclic amines) is 1. The Morgan fingerprint density at radius 2 is 1.86 bits per heavy atom. The number of esters is 1. The molecule has 2 N–H and O–H groups in total. The molecule has 42 heavy (non-hydrogen) atoms. The summed E-state index contributed by atoms with van der Waals surface area (Å²) < 4.78 is 30.0. The van der Waals surface area contributed by atoms with Crippen LogP contribution in [0.25, 0.3) is 16.7 Å². The van der Waals surface area contributed by atoms with E-state index in [1.807, 2.05) is 42.2 Å².